The van der Waals surface area contributed by atoms with Crippen LogP contribution in [0.25, 0.3) is 11.8 Å². The van der Waals surface area contributed by atoms with Crippen LogP contribution in [0.4, 0.5) is 14.9 Å². The summed E-state index contributed by atoms with van der Waals surface area (Å²) in [5.74, 6) is -2.21. The first kappa shape index (κ1) is 20.7. The zero-order chi connectivity index (χ0) is 22.3. The summed E-state index contributed by atoms with van der Waals surface area (Å²) in [6, 6.07) is 13.8. The second-order valence-electron chi connectivity index (χ2n) is 7.08. The second-order valence-corrected chi connectivity index (χ2v) is 7.99. The molecule has 0 unspecified atom stereocenters. The topological polar surface area (TPSA) is 71.4 Å². The first-order valence-corrected chi connectivity index (χ1v) is 10.2. The molecule has 0 spiro atoms. The van der Waals surface area contributed by atoms with Crippen molar-refractivity contribution in [1.29, 1.82) is 0 Å². The maximum atomic E-state index is 13.6. The van der Waals surface area contributed by atoms with Crippen molar-refractivity contribution >= 4 is 45.5 Å². The second kappa shape index (κ2) is 7.96. The van der Waals surface area contributed by atoms with Crippen molar-refractivity contribution in [2.24, 2.45) is 0 Å². The van der Waals surface area contributed by atoms with E-state index in [9.17, 15) is 18.8 Å². The van der Waals surface area contributed by atoms with E-state index in [0.717, 1.165) is 32.5 Å². The molecular formula is C23H17BrFN3O3. The fourth-order valence-electron chi connectivity index (χ4n) is 3.58. The van der Waals surface area contributed by atoms with Gasteiger partial charge in [-0.15, -0.1) is 0 Å². The number of urea groups is 1. The zero-order valence-corrected chi connectivity index (χ0v) is 18.2. The highest BCUT2D eigenvalue weighted by Crippen LogP contribution is 2.26. The summed E-state index contributed by atoms with van der Waals surface area (Å²) in [6.45, 7) is 3.80. The number of benzene rings is 2. The zero-order valence-electron chi connectivity index (χ0n) is 16.6. The Labute approximate surface area is 186 Å². The summed E-state index contributed by atoms with van der Waals surface area (Å²) in [5.41, 5.74) is 3.16. The SMILES string of the molecule is Cc1cc(/C=C2\C(=O)NC(=O)N(c3cccc(F)c3)C2=O)c(C)n1-c1ccc(Br)cc1. The molecule has 0 radical (unpaired) electrons. The molecule has 156 valence electrons. The fraction of sp³-hybridized carbons (Fsp3) is 0.0870. The third kappa shape index (κ3) is 3.82. The monoisotopic (exact) mass is 481 g/mol. The van der Waals surface area contributed by atoms with E-state index in [0.29, 0.717) is 5.56 Å². The van der Waals surface area contributed by atoms with Gasteiger partial charge in [-0.1, -0.05) is 22.0 Å². The smallest absolute Gasteiger partial charge is 0.318 e. The van der Waals surface area contributed by atoms with Gasteiger partial charge in [0.05, 0.1) is 5.69 Å². The van der Waals surface area contributed by atoms with Gasteiger partial charge < -0.3 is 4.57 Å². The minimum absolute atomic E-state index is 0.0428. The molecule has 2 heterocycles. The molecule has 1 aromatic heterocycles. The average molecular weight is 482 g/mol. The van der Waals surface area contributed by atoms with E-state index in [2.05, 4.69) is 21.2 Å². The van der Waals surface area contributed by atoms with Gasteiger partial charge in [0.2, 0.25) is 0 Å². The van der Waals surface area contributed by atoms with Crippen LogP contribution in [0.2, 0.25) is 0 Å². The largest absolute Gasteiger partial charge is 0.335 e. The molecule has 0 aliphatic carbocycles. The van der Waals surface area contributed by atoms with Crippen LogP contribution in [0.3, 0.4) is 0 Å². The van der Waals surface area contributed by atoms with Crippen LogP contribution in [-0.2, 0) is 9.59 Å². The van der Waals surface area contributed by atoms with Crippen molar-refractivity contribution in [2.45, 2.75) is 13.8 Å². The number of carbonyl (C=O) groups excluding carboxylic acids is 3. The van der Waals surface area contributed by atoms with Crippen LogP contribution in [-0.4, -0.2) is 22.4 Å². The quantitative estimate of drug-likeness (QED) is 0.436. The molecule has 3 aromatic rings. The Morgan fingerprint density at radius 1 is 0.968 bits per heavy atom. The van der Waals surface area contributed by atoms with Crippen LogP contribution in [0, 0.1) is 19.7 Å². The number of nitrogens with zero attached hydrogens (tertiary/aromatic N) is 2. The Morgan fingerprint density at radius 3 is 2.35 bits per heavy atom. The Morgan fingerprint density at radius 2 is 1.68 bits per heavy atom. The predicted molar refractivity (Wildman–Crippen MR) is 118 cm³/mol. The lowest BCUT2D eigenvalue weighted by atomic mass is 10.1. The van der Waals surface area contributed by atoms with Crippen molar-refractivity contribution in [3.8, 4) is 5.69 Å². The molecule has 1 aliphatic heterocycles. The number of hydrogen-bond acceptors (Lipinski definition) is 3. The van der Waals surface area contributed by atoms with Gasteiger partial charge in [-0.2, -0.15) is 0 Å². The first-order valence-electron chi connectivity index (χ1n) is 9.38. The lowest BCUT2D eigenvalue weighted by Gasteiger charge is -2.26. The highest BCUT2D eigenvalue weighted by Gasteiger charge is 2.37. The summed E-state index contributed by atoms with van der Waals surface area (Å²) < 4.78 is 16.6. The summed E-state index contributed by atoms with van der Waals surface area (Å²) >= 11 is 3.42. The lowest BCUT2D eigenvalue weighted by Crippen LogP contribution is -2.54. The molecule has 1 fully saturated rings. The van der Waals surface area contributed by atoms with Crippen molar-refractivity contribution in [3.05, 3.63) is 87.4 Å². The molecule has 0 saturated carbocycles. The van der Waals surface area contributed by atoms with Crippen molar-refractivity contribution in [1.82, 2.24) is 9.88 Å². The summed E-state index contributed by atoms with van der Waals surface area (Å²) in [5, 5.41) is 2.15. The molecule has 2 aromatic carbocycles. The van der Waals surface area contributed by atoms with Gasteiger partial charge in [-0.25, -0.2) is 14.1 Å². The molecule has 1 aliphatic rings. The highest BCUT2D eigenvalue weighted by atomic mass is 79.9. The Bertz CT molecular complexity index is 1260. The fourth-order valence-corrected chi connectivity index (χ4v) is 3.85. The number of nitrogens with one attached hydrogen (secondary N) is 1. The molecule has 8 heteroatoms. The van der Waals surface area contributed by atoms with Crippen LogP contribution < -0.4 is 10.2 Å². The number of aryl methyl sites for hydroxylation is 1. The molecule has 0 atom stereocenters. The molecule has 4 rings (SSSR count). The lowest BCUT2D eigenvalue weighted by molar-refractivity contribution is -0.122. The van der Waals surface area contributed by atoms with E-state index in [1.807, 2.05) is 48.7 Å². The number of barbiturate groups is 1. The van der Waals surface area contributed by atoms with Gasteiger partial charge in [-0.3, -0.25) is 14.9 Å². The molecular weight excluding hydrogens is 465 g/mol. The number of anilines is 1. The number of rotatable bonds is 3. The van der Waals surface area contributed by atoms with Crippen molar-refractivity contribution in [2.75, 3.05) is 4.90 Å². The number of hydrogen-bond donors (Lipinski definition) is 1. The standard InChI is InChI=1S/C23H17BrFN3O3/c1-13-10-15(14(2)27(13)18-8-6-16(24)7-9-18)11-20-21(29)26-23(31)28(22(20)30)19-5-3-4-17(25)12-19/h3-12H,1-2H3,(H,26,29,31)/b20-11+. The number of halogens is 2. The van der Waals surface area contributed by atoms with Gasteiger partial charge >= 0.3 is 6.03 Å². The van der Waals surface area contributed by atoms with Gasteiger partial charge in [0.1, 0.15) is 11.4 Å². The molecule has 31 heavy (non-hydrogen) atoms. The van der Waals surface area contributed by atoms with Gasteiger partial charge in [0.25, 0.3) is 11.8 Å². The Kier molecular flexibility index (Phi) is 5.32. The number of aromatic nitrogens is 1. The minimum atomic E-state index is -0.918. The van der Waals surface area contributed by atoms with E-state index < -0.39 is 23.7 Å². The first-order chi connectivity index (χ1) is 14.8. The molecule has 1 saturated heterocycles. The number of carbonyl (C=O) groups is 3. The van der Waals surface area contributed by atoms with Crippen LogP contribution in [0.1, 0.15) is 17.0 Å². The van der Waals surface area contributed by atoms with Gasteiger partial charge in [0.15, 0.2) is 0 Å². The minimum Gasteiger partial charge on any atom is -0.318 e. The molecule has 0 bridgehead atoms. The maximum Gasteiger partial charge on any atom is 0.335 e. The molecule has 6 nitrogen and oxygen atoms in total. The van der Waals surface area contributed by atoms with E-state index >= 15 is 0 Å². The Hall–Kier alpha value is -3.52. The van der Waals surface area contributed by atoms with E-state index in [1.165, 1.54) is 24.3 Å². The van der Waals surface area contributed by atoms with E-state index in [4.69, 9.17) is 0 Å². The summed E-state index contributed by atoms with van der Waals surface area (Å²) in [7, 11) is 0. The average Bonchev–Trinajstić information content (AvgIpc) is 2.99. The normalized spacial score (nSPS) is 15.5. The maximum absolute atomic E-state index is 13.6. The third-order valence-corrected chi connectivity index (χ3v) is 5.55. The molecule has 1 N–H and O–H groups in total. The predicted octanol–water partition coefficient (Wildman–Crippen LogP) is 4.66. The highest BCUT2D eigenvalue weighted by molar-refractivity contribution is 9.10. The summed E-state index contributed by atoms with van der Waals surface area (Å²) in [4.78, 5) is 38.5. The van der Waals surface area contributed by atoms with Gasteiger partial charge in [0, 0.05) is 21.5 Å². The van der Waals surface area contributed by atoms with E-state index in [1.54, 1.807) is 0 Å². The third-order valence-electron chi connectivity index (χ3n) is 5.02. The van der Waals surface area contributed by atoms with Crippen molar-refractivity contribution in [3.63, 3.8) is 0 Å². The number of amides is 4. The van der Waals surface area contributed by atoms with Crippen molar-refractivity contribution < 1.29 is 18.8 Å². The number of imide groups is 2. The Balaban J connectivity index is 1.76. The molecule has 4 amide bonds. The van der Waals surface area contributed by atoms with Gasteiger partial charge in [-0.05, 0) is 74.0 Å². The van der Waals surface area contributed by atoms with E-state index in [-0.39, 0.29) is 11.3 Å². The summed E-state index contributed by atoms with van der Waals surface area (Å²) in [6.07, 6.45) is 1.45. The van der Waals surface area contributed by atoms with Crippen LogP contribution in [0.15, 0.2) is 64.6 Å². The van der Waals surface area contributed by atoms with Crippen LogP contribution >= 0.6 is 15.9 Å². The van der Waals surface area contributed by atoms with Crippen LogP contribution in [0.5, 0.6) is 0 Å².